The first kappa shape index (κ1) is 14.0. The number of hydrogen-bond acceptors (Lipinski definition) is 6. The van der Waals surface area contributed by atoms with Crippen molar-refractivity contribution in [3.8, 4) is 0 Å². The molecule has 0 saturated heterocycles. The van der Waals surface area contributed by atoms with Crippen LogP contribution in [0.4, 0.5) is 0 Å². The van der Waals surface area contributed by atoms with E-state index in [2.05, 4.69) is 32.6 Å². The first-order valence-electron chi connectivity index (χ1n) is 6.92. The molecule has 3 rings (SSSR count). The van der Waals surface area contributed by atoms with E-state index < -0.39 is 0 Å². The van der Waals surface area contributed by atoms with E-state index in [1.165, 1.54) is 4.88 Å². The second kappa shape index (κ2) is 6.69. The van der Waals surface area contributed by atoms with Gasteiger partial charge in [0.25, 0.3) is 0 Å². The standard InChI is InChI=1S/C15H17N3O2S/c1-2-14-16-17-15(20-14)11-18(9-12-5-3-7-19-12)10-13-6-4-8-21-13/h3-8H,2,9-11H2,1H3. The van der Waals surface area contributed by atoms with Gasteiger partial charge in [-0.1, -0.05) is 13.0 Å². The summed E-state index contributed by atoms with van der Waals surface area (Å²) in [5, 5.41) is 10.2. The van der Waals surface area contributed by atoms with Crippen LogP contribution in [0, 0.1) is 0 Å². The minimum Gasteiger partial charge on any atom is -0.468 e. The number of aryl methyl sites for hydroxylation is 1. The van der Waals surface area contributed by atoms with E-state index in [-0.39, 0.29) is 0 Å². The molecule has 0 atom stereocenters. The normalized spacial score (nSPS) is 11.3. The first-order valence-corrected chi connectivity index (χ1v) is 7.80. The van der Waals surface area contributed by atoms with Crippen molar-refractivity contribution in [2.24, 2.45) is 0 Å². The number of furan rings is 1. The molecule has 0 unspecified atom stereocenters. The highest BCUT2D eigenvalue weighted by atomic mass is 32.1. The molecule has 21 heavy (non-hydrogen) atoms. The molecule has 0 N–H and O–H groups in total. The third-order valence-corrected chi connectivity index (χ3v) is 3.95. The van der Waals surface area contributed by atoms with Crippen LogP contribution in [0.25, 0.3) is 0 Å². The fourth-order valence-corrected chi connectivity index (χ4v) is 2.85. The fraction of sp³-hybridized carbons (Fsp3) is 0.333. The number of thiophene rings is 1. The maximum Gasteiger partial charge on any atom is 0.230 e. The highest BCUT2D eigenvalue weighted by Gasteiger charge is 2.14. The zero-order chi connectivity index (χ0) is 14.5. The molecule has 0 spiro atoms. The number of hydrogen-bond donors (Lipinski definition) is 0. The van der Waals surface area contributed by atoms with Gasteiger partial charge in [0, 0.05) is 17.8 Å². The van der Waals surface area contributed by atoms with Gasteiger partial charge in [-0.3, -0.25) is 4.90 Å². The van der Waals surface area contributed by atoms with Crippen LogP contribution in [-0.4, -0.2) is 15.1 Å². The summed E-state index contributed by atoms with van der Waals surface area (Å²) in [4.78, 5) is 3.54. The summed E-state index contributed by atoms with van der Waals surface area (Å²) in [6.07, 6.45) is 2.46. The molecule has 0 radical (unpaired) electrons. The van der Waals surface area contributed by atoms with Crippen molar-refractivity contribution in [3.63, 3.8) is 0 Å². The maximum absolute atomic E-state index is 5.61. The minimum atomic E-state index is 0.617. The molecule has 3 aromatic heterocycles. The lowest BCUT2D eigenvalue weighted by Gasteiger charge is -2.18. The molecule has 0 aliphatic carbocycles. The average molecular weight is 303 g/mol. The Bertz CT molecular complexity index is 610. The molecule has 0 aromatic carbocycles. The van der Waals surface area contributed by atoms with Gasteiger partial charge < -0.3 is 8.83 Å². The molecule has 3 heterocycles. The van der Waals surface area contributed by atoms with Crippen LogP contribution in [0.1, 0.15) is 29.3 Å². The van der Waals surface area contributed by atoms with Crippen LogP contribution in [0.3, 0.4) is 0 Å². The van der Waals surface area contributed by atoms with Crippen molar-refractivity contribution >= 4 is 11.3 Å². The highest BCUT2D eigenvalue weighted by Crippen LogP contribution is 2.17. The third kappa shape index (κ3) is 3.80. The van der Waals surface area contributed by atoms with Gasteiger partial charge in [0.2, 0.25) is 11.8 Å². The molecule has 0 fully saturated rings. The lowest BCUT2D eigenvalue weighted by atomic mass is 10.3. The van der Waals surface area contributed by atoms with Crippen LogP contribution < -0.4 is 0 Å². The molecule has 6 heteroatoms. The second-order valence-corrected chi connectivity index (χ2v) is 5.78. The maximum atomic E-state index is 5.61. The monoisotopic (exact) mass is 303 g/mol. The number of rotatable bonds is 7. The molecule has 0 aliphatic rings. The molecule has 0 bridgehead atoms. The predicted molar refractivity (Wildman–Crippen MR) is 79.7 cm³/mol. The molecule has 0 aliphatic heterocycles. The van der Waals surface area contributed by atoms with E-state index >= 15 is 0 Å². The average Bonchev–Trinajstić information content (AvgIpc) is 3.20. The summed E-state index contributed by atoms with van der Waals surface area (Å²) < 4.78 is 11.1. The second-order valence-electron chi connectivity index (χ2n) is 4.75. The van der Waals surface area contributed by atoms with E-state index in [4.69, 9.17) is 8.83 Å². The molecule has 0 amide bonds. The Kier molecular flexibility index (Phi) is 4.47. The fourth-order valence-electron chi connectivity index (χ4n) is 2.10. The van der Waals surface area contributed by atoms with Crippen molar-refractivity contribution in [1.82, 2.24) is 15.1 Å². The minimum absolute atomic E-state index is 0.617. The van der Waals surface area contributed by atoms with E-state index in [9.17, 15) is 0 Å². The van der Waals surface area contributed by atoms with E-state index in [0.29, 0.717) is 18.3 Å². The topological polar surface area (TPSA) is 55.3 Å². The van der Waals surface area contributed by atoms with E-state index in [1.807, 2.05) is 19.1 Å². The summed E-state index contributed by atoms with van der Waals surface area (Å²) in [5.41, 5.74) is 0. The van der Waals surface area contributed by atoms with Crippen molar-refractivity contribution in [2.75, 3.05) is 0 Å². The molecule has 110 valence electrons. The van der Waals surface area contributed by atoms with Crippen molar-refractivity contribution in [3.05, 3.63) is 58.3 Å². The quantitative estimate of drug-likeness (QED) is 0.668. The largest absolute Gasteiger partial charge is 0.468 e. The van der Waals surface area contributed by atoms with Gasteiger partial charge >= 0.3 is 0 Å². The summed E-state index contributed by atoms with van der Waals surface area (Å²) in [7, 11) is 0. The predicted octanol–water partition coefficient (Wildman–Crippen LogP) is 3.49. The van der Waals surface area contributed by atoms with E-state index in [0.717, 1.165) is 25.3 Å². The van der Waals surface area contributed by atoms with Gasteiger partial charge in [-0.2, -0.15) is 0 Å². The Morgan fingerprint density at radius 2 is 2.00 bits per heavy atom. The number of nitrogens with zero attached hydrogens (tertiary/aromatic N) is 3. The van der Waals surface area contributed by atoms with Crippen LogP contribution >= 0.6 is 11.3 Å². The van der Waals surface area contributed by atoms with Crippen molar-refractivity contribution in [1.29, 1.82) is 0 Å². The van der Waals surface area contributed by atoms with Crippen LogP contribution in [0.5, 0.6) is 0 Å². The smallest absolute Gasteiger partial charge is 0.230 e. The highest BCUT2D eigenvalue weighted by molar-refractivity contribution is 7.09. The summed E-state index contributed by atoms with van der Waals surface area (Å²) in [5.74, 6) is 2.26. The van der Waals surface area contributed by atoms with E-state index in [1.54, 1.807) is 17.6 Å². The Labute approximate surface area is 127 Å². The lowest BCUT2D eigenvalue weighted by Crippen LogP contribution is -2.21. The Morgan fingerprint density at radius 1 is 1.10 bits per heavy atom. The lowest BCUT2D eigenvalue weighted by molar-refractivity contribution is 0.205. The van der Waals surface area contributed by atoms with Crippen molar-refractivity contribution < 1.29 is 8.83 Å². The molecule has 0 saturated carbocycles. The van der Waals surface area contributed by atoms with Gasteiger partial charge in [-0.05, 0) is 23.6 Å². The van der Waals surface area contributed by atoms with Gasteiger partial charge in [-0.15, -0.1) is 21.5 Å². The van der Waals surface area contributed by atoms with Crippen molar-refractivity contribution in [2.45, 2.75) is 33.0 Å². The molecular weight excluding hydrogens is 286 g/mol. The molecule has 5 nitrogen and oxygen atoms in total. The Hall–Kier alpha value is -1.92. The third-order valence-electron chi connectivity index (χ3n) is 3.09. The summed E-state index contributed by atoms with van der Waals surface area (Å²) in [6.45, 7) is 4.17. The van der Waals surface area contributed by atoms with Gasteiger partial charge in [-0.25, -0.2) is 0 Å². The summed E-state index contributed by atoms with van der Waals surface area (Å²) >= 11 is 1.75. The van der Waals surface area contributed by atoms with Crippen LogP contribution in [0.2, 0.25) is 0 Å². The first-order chi connectivity index (χ1) is 10.3. The molecule has 3 aromatic rings. The summed E-state index contributed by atoms with van der Waals surface area (Å²) in [6, 6.07) is 8.07. The van der Waals surface area contributed by atoms with Crippen LogP contribution in [0.15, 0.2) is 44.7 Å². The zero-order valence-electron chi connectivity index (χ0n) is 11.9. The number of aromatic nitrogens is 2. The molecular formula is C15H17N3O2S. The van der Waals surface area contributed by atoms with Crippen LogP contribution in [-0.2, 0) is 26.1 Å². The van der Waals surface area contributed by atoms with Gasteiger partial charge in [0.1, 0.15) is 5.76 Å². The van der Waals surface area contributed by atoms with Gasteiger partial charge in [0.15, 0.2) is 0 Å². The SMILES string of the molecule is CCc1nnc(CN(Cc2ccco2)Cc2cccs2)o1. The Morgan fingerprint density at radius 3 is 2.67 bits per heavy atom. The zero-order valence-corrected chi connectivity index (χ0v) is 12.7. The Balaban J connectivity index is 1.71. The van der Waals surface area contributed by atoms with Gasteiger partial charge in [0.05, 0.1) is 19.4 Å².